The average molecular weight is 352 g/mol. The minimum absolute atomic E-state index is 0.127. The highest BCUT2D eigenvalue weighted by Gasteiger charge is 2.05. The summed E-state index contributed by atoms with van der Waals surface area (Å²) in [6, 6.07) is 13.3. The number of amides is 2. The number of hydrogen-bond acceptors (Lipinski definition) is 3. The van der Waals surface area contributed by atoms with Gasteiger partial charge < -0.3 is 15.4 Å². The van der Waals surface area contributed by atoms with Gasteiger partial charge in [0.15, 0.2) is 0 Å². The van der Waals surface area contributed by atoms with Gasteiger partial charge in [-0.1, -0.05) is 24.3 Å². The molecule has 0 aliphatic heterocycles. The molecule has 0 radical (unpaired) electrons. The summed E-state index contributed by atoms with van der Waals surface area (Å²) in [6.45, 7) is 4.20. The fourth-order valence-corrected chi connectivity index (χ4v) is 2.33. The average Bonchev–Trinajstić information content (AvgIpc) is 2.63. The van der Waals surface area contributed by atoms with Crippen molar-refractivity contribution in [3.05, 3.63) is 65.2 Å². The molecule has 0 unspecified atom stereocenters. The lowest BCUT2D eigenvalue weighted by Crippen LogP contribution is -2.26. The summed E-state index contributed by atoms with van der Waals surface area (Å²) in [7, 11) is 1.61. The van der Waals surface area contributed by atoms with Crippen LogP contribution in [-0.2, 0) is 9.59 Å². The van der Waals surface area contributed by atoms with E-state index in [0.29, 0.717) is 0 Å². The monoisotopic (exact) mass is 352 g/mol. The van der Waals surface area contributed by atoms with Gasteiger partial charge in [0, 0.05) is 24.7 Å². The standard InChI is InChI=1S/C21H24N2O3/c1-15-4-5-16(2)19(14-15)23-21(25)12-13-22-20(24)11-8-17-6-9-18(26-3)10-7-17/h4-11,14H,12-13H2,1-3H3,(H,22,24)(H,23,25). The molecule has 0 aromatic heterocycles. The van der Waals surface area contributed by atoms with Crippen molar-refractivity contribution < 1.29 is 14.3 Å². The molecule has 0 aliphatic carbocycles. The summed E-state index contributed by atoms with van der Waals surface area (Å²) in [6.07, 6.45) is 3.38. The van der Waals surface area contributed by atoms with E-state index >= 15 is 0 Å². The topological polar surface area (TPSA) is 67.4 Å². The summed E-state index contributed by atoms with van der Waals surface area (Å²) in [5.74, 6) is 0.403. The second kappa shape index (κ2) is 9.42. The smallest absolute Gasteiger partial charge is 0.244 e. The molecule has 2 rings (SSSR count). The Morgan fingerprint density at radius 3 is 2.50 bits per heavy atom. The molecule has 2 aromatic carbocycles. The van der Waals surface area contributed by atoms with Crippen molar-refractivity contribution in [3.8, 4) is 5.75 Å². The highest BCUT2D eigenvalue weighted by atomic mass is 16.5. The lowest BCUT2D eigenvalue weighted by molar-refractivity contribution is -0.117. The van der Waals surface area contributed by atoms with E-state index in [1.54, 1.807) is 13.2 Å². The van der Waals surface area contributed by atoms with Crippen LogP contribution in [0.2, 0.25) is 0 Å². The van der Waals surface area contributed by atoms with Crippen molar-refractivity contribution in [1.29, 1.82) is 0 Å². The van der Waals surface area contributed by atoms with Crippen LogP contribution < -0.4 is 15.4 Å². The number of anilines is 1. The third-order valence-corrected chi connectivity index (χ3v) is 3.86. The van der Waals surface area contributed by atoms with Crippen LogP contribution in [0.3, 0.4) is 0 Å². The Kier molecular flexibility index (Phi) is 6.97. The first kappa shape index (κ1) is 19.2. The van der Waals surface area contributed by atoms with E-state index in [2.05, 4.69) is 10.6 Å². The normalized spacial score (nSPS) is 10.6. The van der Waals surface area contributed by atoms with Crippen LogP contribution in [0.5, 0.6) is 5.75 Å². The second-order valence-electron chi connectivity index (χ2n) is 6.01. The zero-order valence-electron chi connectivity index (χ0n) is 15.3. The van der Waals surface area contributed by atoms with E-state index in [-0.39, 0.29) is 24.8 Å². The van der Waals surface area contributed by atoms with Crippen molar-refractivity contribution >= 4 is 23.6 Å². The summed E-state index contributed by atoms with van der Waals surface area (Å²) in [5, 5.41) is 5.58. The Bertz CT molecular complexity index is 795. The molecule has 0 spiro atoms. The maximum absolute atomic E-state index is 12.0. The highest BCUT2D eigenvalue weighted by molar-refractivity contribution is 5.94. The summed E-state index contributed by atoms with van der Waals surface area (Å²) >= 11 is 0. The van der Waals surface area contributed by atoms with Gasteiger partial charge in [-0.3, -0.25) is 9.59 Å². The molecule has 2 N–H and O–H groups in total. The fraction of sp³-hybridized carbons (Fsp3) is 0.238. The maximum atomic E-state index is 12.0. The van der Waals surface area contributed by atoms with Crippen molar-refractivity contribution in [2.24, 2.45) is 0 Å². The molecule has 26 heavy (non-hydrogen) atoms. The van der Waals surface area contributed by atoms with Crippen LogP contribution in [0.15, 0.2) is 48.5 Å². The molecule has 2 amide bonds. The zero-order valence-corrected chi connectivity index (χ0v) is 15.3. The molecule has 0 fully saturated rings. The van der Waals surface area contributed by atoms with Crippen molar-refractivity contribution in [3.63, 3.8) is 0 Å². The number of aryl methyl sites for hydroxylation is 2. The molecular formula is C21H24N2O3. The number of benzene rings is 2. The van der Waals surface area contributed by atoms with E-state index in [0.717, 1.165) is 28.1 Å². The van der Waals surface area contributed by atoms with E-state index < -0.39 is 0 Å². The molecule has 0 saturated carbocycles. The lowest BCUT2D eigenvalue weighted by atomic mass is 10.1. The van der Waals surface area contributed by atoms with E-state index in [1.165, 1.54) is 6.08 Å². The van der Waals surface area contributed by atoms with Gasteiger partial charge in [-0.15, -0.1) is 0 Å². The van der Waals surface area contributed by atoms with Gasteiger partial charge in [0.25, 0.3) is 0 Å². The van der Waals surface area contributed by atoms with Gasteiger partial charge in [0.05, 0.1) is 7.11 Å². The predicted molar refractivity (Wildman–Crippen MR) is 104 cm³/mol. The second-order valence-corrected chi connectivity index (χ2v) is 6.01. The summed E-state index contributed by atoms with van der Waals surface area (Å²) < 4.78 is 5.09. The van der Waals surface area contributed by atoms with Gasteiger partial charge in [0.1, 0.15) is 5.75 Å². The van der Waals surface area contributed by atoms with Crippen LogP contribution in [0.1, 0.15) is 23.1 Å². The minimum Gasteiger partial charge on any atom is -0.497 e. The molecule has 5 nitrogen and oxygen atoms in total. The minimum atomic E-state index is -0.236. The Balaban J connectivity index is 1.75. The number of hydrogen-bond donors (Lipinski definition) is 2. The number of nitrogens with one attached hydrogen (secondary N) is 2. The van der Waals surface area contributed by atoms with Crippen molar-refractivity contribution in [2.75, 3.05) is 19.0 Å². The Morgan fingerprint density at radius 1 is 1.08 bits per heavy atom. The van der Waals surface area contributed by atoms with E-state index in [4.69, 9.17) is 4.74 Å². The number of ether oxygens (including phenoxy) is 1. The maximum Gasteiger partial charge on any atom is 0.244 e. The largest absolute Gasteiger partial charge is 0.497 e. The third-order valence-electron chi connectivity index (χ3n) is 3.86. The highest BCUT2D eigenvalue weighted by Crippen LogP contribution is 2.16. The van der Waals surface area contributed by atoms with E-state index in [1.807, 2.05) is 56.3 Å². The summed E-state index contributed by atoms with van der Waals surface area (Å²) in [5.41, 5.74) is 3.80. The van der Waals surface area contributed by atoms with E-state index in [9.17, 15) is 9.59 Å². The molecule has 0 atom stereocenters. The molecule has 0 bridgehead atoms. The lowest BCUT2D eigenvalue weighted by Gasteiger charge is -2.09. The first-order valence-electron chi connectivity index (χ1n) is 8.45. The number of carbonyl (C=O) groups excluding carboxylic acids is 2. The van der Waals surface area contributed by atoms with Crippen molar-refractivity contribution in [1.82, 2.24) is 5.32 Å². The Morgan fingerprint density at radius 2 is 1.81 bits per heavy atom. The number of rotatable bonds is 7. The van der Waals surface area contributed by atoms with Gasteiger partial charge >= 0.3 is 0 Å². The van der Waals surface area contributed by atoms with Gasteiger partial charge in [-0.05, 0) is 54.8 Å². The molecule has 2 aromatic rings. The molecule has 5 heteroatoms. The molecule has 136 valence electrons. The fourth-order valence-electron chi connectivity index (χ4n) is 2.33. The first-order chi connectivity index (χ1) is 12.5. The molecule has 0 saturated heterocycles. The zero-order chi connectivity index (χ0) is 18.9. The predicted octanol–water partition coefficient (Wildman–Crippen LogP) is 3.47. The number of methoxy groups -OCH3 is 1. The Hall–Kier alpha value is -3.08. The van der Waals surface area contributed by atoms with Crippen LogP contribution in [0.25, 0.3) is 6.08 Å². The summed E-state index contributed by atoms with van der Waals surface area (Å²) in [4.78, 5) is 23.8. The number of carbonyl (C=O) groups is 2. The first-order valence-corrected chi connectivity index (χ1v) is 8.45. The van der Waals surface area contributed by atoms with Crippen LogP contribution >= 0.6 is 0 Å². The molecule has 0 aliphatic rings. The van der Waals surface area contributed by atoms with Crippen LogP contribution in [0, 0.1) is 13.8 Å². The van der Waals surface area contributed by atoms with Gasteiger partial charge in [-0.2, -0.15) is 0 Å². The third kappa shape index (κ3) is 6.09. The van der Waals surface area contributed by atoms with Crippen LogP contribution in [0.4, 0.5) is 5.69 Å². The Labute approximate surface area is 154 Å². The SMILES string of the molecule is COc1ccc(C=CC(=O)NCCC(=O)Nc2cc(C)ccc2C)cc1. The van der Waals surface area contributed by atoms with Crippen molar-refractivity contribution in [2.45, 2.75) is 20.3 Å². The van der Waals surface area contributed by atoms with Crippen LogP contribution in [-0.4, -0.2) is 25.5 Å². The van der Waals surface area contributed by atoms with Gasteiger partial charge in [-0.25, -0.2) is 0 Å². The molecular weight excluding hydrogens is 328 g/mol. The quantitative estimate of drug-likeness (QED) is 0.750. The van der Waals surface area contributed by atoms with Gasteiger partial charge in [0.2, 0.25) is 11.8 Å². The molecule has 0 heterocycles.